The van der Waals surface area contributed by atoms with Gasteiger partial charge >= 0.3 is 0 Å². The number of rotatable bonds is 5. The molecule has 0 unspecified atom stereocenters. The van der Waals surface area contributed by atoms with E-state index in [4.69, 9.17) is 4.74 Å². The van der Waals surface area contributed by atoms with Crippen LogP contribution in [-0.4, -0.2) is 21.9 Å². The van der Waals surface area contributed by atoms with Gasteiger partial charge in [0.05, 0.1) is 18.1 Å². The third-order valence-electron chi connectivity index (χ3n) is 2.74. The van der Waals surface area contributed by atoms with Crippen LogP contribution in [0.4, 0.5) is 5.69 Å². The first kappa shape index (κ1) is 13.9. The quantitative estimate of drug-likeness (QED) is 0.917. The fraction of sp³-hybridized carbons (Fsp3) is 0.385. The Morgan fingerprint density at radius 2 is 2.21 bits per heavy atom. The Morgan fingerprint density at radius 3 is 2.84 bits per heavy atom. The van der Waals surface area contributed by atoms with Crippen LogP contribution in [0.1, 0.15) is 25.7 Å². The van der Waals surface area contributed by atoms with Crippen molar-refractivity contribution >= 4 is 21.6 Å². The molecule has 6 heteroatoms. The molecule has 102 valence electrons. The lowest BCUT2D eigenvalue weighted by molar-refractivity contribution is 0.412. The molecule has 0 saturated heterocycles. The summed E-state index contributed by atoms with van der Waals surface area (Å²) in [6.07, 6.45) is 1.58. The molecule has 0 spiro atoms. The average Bonchev–Trinajstić information content (AvgIpc) is 2.85. The van der Waals surface area contributed by atoms with Crippen LogP contribution in [0.5, 0.6) is 5.75 Å². The molecule has 1 N–H and O–H groups in total. The maximum absolute atomic E-state index is 5.20. The fourth-order valence-corrected chi connectivity index (χ4v) is 2.33. The van der Waals surface area contributed by atoms with Gasteiger partial charge in [-0.3, -0.25) is 0 Å². The number of methoxy groups -OCH3 is 1. The normalized spacial score (nSPS) is 10.8. The fourth-order valence-electron chi connectivity index (χ4n) is 1.79. The molecule has 2 rings (SSSR count). The summed E-state index contributed by atoms with van der Waals surface area (Å²) in [6.45, 7) is 4.81. The predicted octanol–water partition coefficient (Wildman–Crippen LogP) is 3.24. The first-order valence-corrected chi connectivity index (χ1v) is 6.87. The summed E-state index contributed by atoms with van der Waals surface area (Å²) >= 11 is 3.47. The number of ether oxygens (including phenoxy) is 1. The predicted molar refractivity (Wildman–Crippen MR) is 78.4 cm³/mol. The van der Waals surface area contributed by atoms with Crippen LogP contribution in [0.15, 0.2) is 29.0 Å². The molecule has 5 nitrogen and oxygen atoms in total. The Hall–Kier alpha value is -1.56. The van der Waals surface area contributed by atoms with E-state index in [1.54, 1.807) is 13.4 Å². The van der Waals surface area contributed by atoms with Gasteiger partial charge in [0.25, 0.3) is 0 Å². The minimum atomic E-state index is 0.307. The largest absolute Gasteiger partial charge is 0.496 e. The third kappa shape index (κ3) is 3.26. The molecule has 19 heavy (non-hydrogen) atoms. The molecule has 2 aromatic rings. The molecule has 0 fully saturated rings. The molecule has 0 radical (unpaired) electrons. The van der Waals surface area contributed by atoms with E-state index in [2.05, 4.69) is 45.2 Å². The number of nitrogens with zero attached hydrogens (tertiary/aromatic N) is 3. The summed E-state index contributed by atoms with van der Waals surface area (Å²) < 4.78 is 8.03. The van der Waals surface area contributed by atoms with Crippen molar-refractivity contribution in [2.24, 2.45) is 0 Å². The van der Waals surface area contributed by atoms with Crippen LogP contribution in [-0.2, 0) is 6.54 Å². The van der Waals surface area contributed by atoms with E-state index in [1.807, 2.05) is 22.9 Å². The van der Waals surface area contributed by atoms with Crippen molar-refractivity contribution in [3.05, 3.63) is 34.8 Å². The van der Waals surface area contributed by atoms with Crippen molar-refractivity contribution in [1.82, 2.24) is 14.8 Å². The van der Waals surface area contributed by atoms with E-state index in [9.17, 15) is 0 Å². The summed E-state index contributed by atoms with van der Waals surface area (Å²) in [7, 11) is 1.65. The molecule has 1 aromatic carbocycles. The van der Waals surface area contributed by atoms with Crippen molar-refractivity contribution in [3.63, 3.8) is 0 Å². The Labute approximate surface area is 121 Å². The second-order valence-corrected chi connectivity index (χ2v) is 5.27. The van der Waals surface area contributed by atoms with E-state index >= 15 is 0 Å². The highest BCUT2D eigenvalue weighted by Crippen LogP contribution is 2.27. The molecule has 1 aromatic heterocycles. The van der Waals surface area contributed by atoms with E-state index < -0.39 is 0 Å². The molecule has 0 aliphatic rings. The SMILES string of the molecule is COc1ccc(NCc2ncnn2C(C)C)cc1Br. The second kappa shape index (κ2) is 6.06. The molecule has 0 bridgehead atoms. The topological polar surface area (TPSA) is 52.0 Å². The first-order chi connectivity index (χ1) is 9.11. The van der Waals surface area contributed by atoms with Gasteiger partial charge in [-0.2, -0.15) is 5.10 Å². The standard InChI is InChI=1S/C13H17BrN4O/c1-9(2)18-13(16-8-17-18)7-15-10-4-5-12(19-3)11(14)6-10/h4-6,8-9,15H,7H2,1-3H3. The summed E-state index contributed by atoms with van der Waals surface area (Å²) in [5, 5.41) is 7.53. The van der Waals surface area contributed by atoms with Gasteiger partial charge < -0.3 is 10.1 Å². The van der Waals surface area contributed by atoms with Crippen molar-refractivity contribution in [1.29, 1.82) is 0 Å². The van der Waals surface area contributed by atoms with Crippen LogP contribution >= 0.6 is 15.9 Å². The molecule has 0 aliphatic carbocycles. The summed E-state index contributed by atoms with van der Waals surface area (Å²) in [5.74, 6) is 1.73. The lowest BCUT2D eigenvalue weighted by atomic mass is 10.3. The minimum absolute atomic E-state index is 0.307. The number of halogens is 1. The van der Waals surface area contributed by atoms with Gasteiger partial charge in [0.2, 0.25) is 0 Å². The van der Waals surface area contributed by atoms with Gasteiger partial charge in [0.15, 0.2) is 0 Å². The van der Waals surface area contributed by atoms with Crippen molar-refractivity contribution in [3.8, 4) is 5.75 Å². The number of aromatic nitrogens is 3. The molecular formula is C13H17BrN4O. The van der Waals surface area contributed by atoms with E-state index in [1.165, 1.54) is 0 Å². The van der Waals surface area contributed by atoms with Crippen molar-refractivity contribution < 1.29 is 4.74 Å². The van der Waals surface area contributed by atoms with Gasteiger partial charge in [-0.15, -0.1) is 0 Å². The van der Waals surface area contributed by atoms with E-state index in [0.29, 0.717) is 12.6 Å². The Balaban J connectivity index is 2.06. The molecule has 0 saturated carbocycles. The average molecular weight is 325 g/mol. The summed E-state index contributed by atoms with van der Waals surface area (Å²) in [4.78, 5) is 4.26. The second-order valence-electron chi connectivity index (χ2n) is 4.42. The highest BCUT2D eigenvalue weighted by Gasteiger charge is 2.07. The maximum Gasteiger partial charge on any atom is 0.146 e. The van der Waals surface area contributed by atoms with Crippen LogP contribution in [0.3, 0.4) is 0 Å². The maximum atomic E-state index is 5.20. The van der Waals surface area contributed by atoms with E-state index in [-0.39, 0.29) is 0 Å². The zero-order chi connectivity index (χ0) is 13.8. The minimum Gasteiger partial charge on any atom is -0.496 e. The first-order valence-electron chi connectivity index (χ1n) is 6.07. The van der Waals surface area contributed by atoms with Crippen LogP contribution < -0.4 is 10.1 Å². The smallest absolute Gasteiger partial charge is 0.146 e. The van der Waals surface area contributed by atoms with Crippen LogP contribution in [0.2, 0.25) is 0 Å². The lowest BCUT2D eigenvalue weighted by Crippen LogP contribution is -2.12. The van der Waals surface area contributed by atoms with Crippen molar-refractivity contribution in [2.45, 2.75) is 26.4 Å². The number of nitrogens with one attached hydrogen (secondary N) is 1. The zero-order valence-corrected chi connectivity index (χ0v) is 12.8. The van der Waals surface area contributed by atoms with Gasteiger partial charge in [0, 0.05) is 11.7 Å². The van der Waals surface area contributed by atoms with Gasteiger partial charge in [-0.25, -0.2) is 9.67 Å². The Bertz CT molecular complexity index is 553. The van der Waals surface area contributed by atoms with Crippen LogP contribution in [0.25, 0.3) is 0 Å². The van der Waals surface area contributed by atoms with Crippen LogP contribution in [0, 0.1) is 0 Å². The molecule has 1 heterocycles. The molecular weight excluding hydrogens is 308 g/mol. The van der Waals surface area contributed by atoms with Gasteiger partial charge in [-0.1, -0.05) is 0 Å². The highest BCUT2D eigenvalue weighted by molar-refractivity contribution is 9.10. The third-order valence-corrected chi connectivity index (χ3v) is 3.36. The number of hydrogen-bond acceptors (Lipinski definition) is 4. The molecule has 0 amide bonds. The van der Waals surface area contributed by atoms with Gasteiger partial charge in [0.1, 0.15) is 17.9 Å². The molecule has 0 aliphatic heterocycles. The Morgan fingerprint density at radius 1 is 1.42 bits per heavy atom. The van der Waals surface area contributed by atoms with Gasteiger partial charge in [-0.05, 0) is 48.0 Å². The number of hydrogen-bond donors (Lipinski definition) is 1. The molecule has 0 atom stereocenters. The lowest BCUT2D eigenvalue weighted by Gasteiger charge is -2.11. The summed E-state index contributed by atoms with van der Waals surface area (Å²) in [6, 6.07) is 6.18. The zero-order valence-electron chi connectivity index (χ0n) is 11.2. The van der Waals surface area contributed by atoms with E-state index in [0.717, 1.165) is 21.7 Å². The Kier molecular flexibility index (Phi) is 4.42. The monoisotopic (exact) mass is 324 g/mol. The highest BCUT2D eigenvalue weighted by atomic mass is 79.9. The van der Waals surface area contributed by atoms with Crippen molar-refractivity contribution in [2.75, 3.05) is 12.4 Å². The number of anilines is 1. The summed E-state index contributed by atoms with van der Waals surface area (Å²) in [5.41, 5.74) is 1.01. The number of benzene rings is 1.